The number of rotatable bonds is 5. The number of likely N-dealkylation sites (N-methyl/N-ethyl adjacent to an activating group) is 1. The van der Waals surface area contributed by atoms with Gasteiger partial charge < -0.3 is 10.2 Å². The van der Waals surface area contributed by atoms with Gasteiger partial charge in [0.2, 0.25) is 5.91 Å². The van der Waals surface area contributed by atoms with E-state index in [9.17, 15) is 9.59 Å². The van der Waals surface area contributed by atoms with Crippen LogP contribution in [0.1, 0.15) is 23.7 Å². The molecule has 0 aliphatic rings. The van der Waals surface area contributed by atoms with Gasteiger partial charge in [-0.05, 0) is 18.6 Å². The summed E-state index contributed by atoms with van der Waals surface area (Å²) in [4.78, 5) is 28.9. The minimum Gasteiger partial charge on any atom is -0.358 e. The molecule has 5 nitrogen and oxygen atoms in total. The maximum Gasteiger partial charge on any atom is 0.257 e. The number of hydrogen-bond donors (Lipinski definition) is 1. The number of pyridine rings is 1. The summed E-state index contributed by atoms with van der Waals surface area (Å²) in [6.07, 6.45) is 0.737. The Morgan fingerprint density at radius 1 is 1.37 bits per heavy atom. The summed E-state index contributed by atoms with van der Waals surface area (Å²) in [5.41, 5.74) is 0.239. The summed E-state index contributed by atoms with van der Waals surface area (Å²) >= 11 is 11.6. The highest BCUT2D eigenvalue weighted by Gasteiger charge is 2.20. The molecule has 0 radical (unpaired) electrons. The first kappa shape index (κ1) is 15.7. The molecule has 2 amide bonds. The van der Waals surface area contributed by atoms with Crippen LogP contribution in [0.5, 0.6) is 0 Å². The van der Waals surface area contributed by atoms with E-state index in [2.05, 4.69) is 10.3 Å². The molecule has 1 aromatic rings. The lowest BCUT2D eigenvalue weighted by Crippen LogP contribution is -2.40. The number of aromatic nitrogens is 1. The molecule has 0 unspecified atom stereocenters. The number of nitrogens with one attached hydrogen (secondary N) is 1. The van der Waals surface area contributed by atoms with E-state index < -0.39 is 0 Å². The van der Waals surface area contributed by atoms with Gasteiger partial charge in [0.05, 0.1) is 12.1 Å². The SMILES string of the molecule is CCCN(CC(=O)NC)C(=O)c1ccc(Cl)nc1Cl. The molecule has 0 aliphatic carbocycles. The zero-order chi connectivity index (χ0) is 14.4. The number of amides is 2. The first-order valence-electron chi connectivity index (χ1n) is 5.81. The summed E-state index contributed by atoms with van der Waals surface area (Å²) in [6, 6.07) is 3.00. The van der Waals surface area contributed by atoms with E-state index in [-0.39, 0.29) is 34.2 Å². The lowest BCUT2D eigenvalue weighted by atomic mass is 10.2. The highest BCUT2D eigenvalue weighted by atomic mass is 35.5. The first-order chi connectivity index (χ1) is 8.99. The van der Waals surface area contributed by atoms with E-state index in [1.165, 1.54) is 24.1 Å². The zero-order valence-electron chi connectivity index (χ0n) is 10.7. The summed E-state index contributed by atoms with van der Waals surface area (Å²) in [5, 5.41) is 2.74. The molecule has 1 aromatic heterocycles. The summed E-state index contributed by atoms with van der Waals surface area (Å²) < 4.78 is 0. The Labute approximate surface area is 121 Å². The van der Waals surface area contributed by atoms with Gasteiger partial charge in [0.15, 0.2) is 0 Å². The van der Waals surface area contributed by atoms with E-state index in [1.807, 2.05) is 6.92 Å². The summed E-state index contributed by atoms with van der Waals surface area (Å²) in [6.45, 7) is 2.37. The number of carbonyl (C=O) groups is 2. The smallest absolute Gasteiger partial charge is 0.257 e. The van der Waals surface area contributed by atoms with Crippen LogP contribution in [0.2, 0.25) is 10.3 Å². The normalized spacial score (nSPS) is 10.1. The van der Waals surface area contributed by atoms with Gasteiger partial charge in [0, 0.05) is 13.6 Å². The quantitative estimate of drug-likeness (QED) is 0.846. The number of hydrogen-bond acceptors (Lipinski definition) is 3. The summed E-state index contributed by atoms with van der Waals surface area (Å²) in [5.74, 6) is -0.570. The molecule has 0 saturated heterocycles. The highest BCUT2D eigenvalue weighted by Crippen LogP contribution is 2.18. The fourth-order valence-corrected chi connectivity index (χ4v) is 1.94. The third-order valence-electron chi connectivity index (χ3n) is 2.44. The van der Waals surface area contributed by atoms with Crippen molar-refractivity contribution in [2.45, 2.75) is 13.3 Å². The van der Waals surface area contributed by atoms with Crippen molar-refractivity contribution in [3.05, 3.63) is 28.0 Å². The van der Waals surface area contributed by atoms with Crippen LogP contribution in [0.15, 0.2) is 12.1 Å². The van der Waals surface area contributed by atoms with Crippen molar-refractivity contribution in [3.63, 3.8) is 0 Å². The number of carbonyl (C=O) groups excluding carboxylic acids is 2. The predicted octanol–water partition coefficient (Wildman–Crippen LogP) is 1.99. The molecule has 0 fully saturated rings. The third-order valence-corrected chi connectivity index (χ3v) is 2.94. The molecule has 0 aliphatic heterocycles. The average Bonchev–Trinajstić information content (AvgIpc) is 2.37. The average molecular weight is 304 g/mol. The van der Waals surface area contributed by atoms with Crippen LogP contribution in [0.25, 0.3) is 0 Å². The molecular formula is C12H15Cl2N3O2. The van der Waals surface area contributed by atoms with Crippen molar-refractivity contribution >= 4 is 35.0 Å². The van der Waals surface area contributed by atoms with Crippen molar-refractivity contribution in [2.24, 2.45) is 0 Å². The predicted molar refractivity (Wildman–Crippen MR) is 74.5 cm³/mol. The van der Waals surface area contributed by atoms with Gasteiger partial charge in [-0.3, -0.25) is 9.59 Å². The molecule has 104 valence electrons. The summed E-state index contributed by atoms with van der Waals surface area (Å²) in [7, 11) is 1.52. The van der Waals surface area contributed by atoms with Gasteiger partial charge >= 0.3 is 0 Å². The van der Waals surface area contributed by atoms with Crippen molar-refractivity contribution < 1.29 is 9.59 Å². The van der Waals surface area contributed by atoms with Gasteiger partial charge in [-0.15, -0.1) is 0 Å². The Kier molecular flexibility index (Phi) is 6.05. The van der Waals surface area contributed by atoms with Crippen LogP contribution < -0.4 is 5.32 Å². The van der Waals surface area contributed by atoms with Gasteiger partial charge in [-0.25, -0.2) is 4.98 Å². The second-order valence-electron chi connectivity index (χ2n) is 3.87. The van der Waals surface area contributed by atoms with E-state index in [4.69, 9.17) is 23.2 Å². The van der Waals surface area contributed by atoms with Gasteiger partial charge in [0.1, 0.15) is 10.3 Å². The largest absolute Gasteiger partial charge is 0.358 e. The minimum atomic E-state index is -0.334. The molecule has 0 spiro atoms. The van der Waals surface area contributed by atoms with Gasteiger partial charge in [0.25, 0.3) is 5.91 Å². The van der Waals surface area contributed by atoms with Crippen LogP contribution in [0, 0.1) is 0 Å². The van der Waals surface area contributed by atoms with Crippen molar-refractivity contribution in [2.75, 3.05) is 20.1 Å². The van der Waals surface area contributed by atoms with E-state index in [1.54, 1.807) is 0 Å². The molecule has 1 rings (SSSR count). The Hall–Kier alpha value is -1.33. The Morgan fingerprint density at radius 3 is 2.58 bits per heavy atom. The lowest BCUT2D eigenvalue weighted by molar-refractivity contribution is -0.121. The van der Waals surface area contributed by atoms with E-state index in [0.29, 0.717) is 6.54 Å². The monoisotopic (exact) mass is 303 g/mol. The molecule has 0 bridgehead atoms. The Morgan fingerprint density at radius 2 is 2.05 bits per heavy atom. The molecule has 1 heterocycles. The second-order valence-corrected chi connectivity index (χ2v) is 4.62. The third kappa shape index (κ3) is 4.36. The molecule has 0 atom stereocenters. The number of halogens is 2. The Balaban J connectivity index is 2.95. The lowest BCUT2D eigenvalue weighted by Gasteiger charge is -2.21. The topological polar surface area (TPSA) is 62.3 Å². The van der Waals surface area contributed by atoms with Crippen LogP contribution in [0.4, 0.5) is 0 Å². The van der Waals surface area contributed by atoms with Crippen LogP contribution in [0.3, 0.4) is 0 Å². The molecule has 1 N–H and O–H groups in total. The van der Waals surface area contributed by atoms with Gasteiger partial charge in [-0.2, -0.15) is 0 Å². The molecule has 0 saturated carbocycles. The number of nitrogens with zero attached hydrogens (tertiary/aromatic N) is 2. The maximum absolute atomic E-state index is 12.3. The fraction of sp³-hybridized carbons (Fsp3) is 0.417. The Bertz CT molecular complexity index is 480. The van der Waals surface area contributed by atoms with Crippen molar-refractivity contribution in [1.82, 2.24) is 15.2 Å². The van der Waals surface area contributed by atoms with Crippen LogP contribution in [-0.2, 0) is 4.79 Å². The highest BCUT2D eigenvalue weighted by molar-refractivity contribution is 6.34. The zero-order valence-corrected chi connectivity index (χ0v) is 12.3. The molecular weight excluding hydrogens is 289 g/mol. The van der Waals surface area contributed by atoms with Crippen LogP contribution >= 0.6 is 23.2 Å². The van der Waals surface area contributed by atoms with Crippen molar-refractivity contribution in [3.8, 4) is 0 Å². The van der Waals surface area contributed by atoms with Gasteiger partial charge in [-0.1, -0.05) is 30.1 Å². The second kappa shape index (κ2) is 7.31. The standard InChI is InChI=1S/C12H15Cl2N3O2/c1-3-6-17(7-10(18)15-2)12(19)8-4-5-9(13)16-11(8)14/h4-5H,3,6-7H2,1-2H3,(H,15,18). The molecule has 7 heteroatoms. The van der Waals surface area contributed by atoms with E-state index >= 15 is 0 Å². The fourth-order valence-electron chi connectivity index (χ4n) is 1.52. The molecule has 0 aromatic carbocycles. The minimum absolute atomic E-state index is 0.0118. The van der Waals surface area contributed by atoms with E-state index in [0.717, 1.165) is 6.42 Å². The van der Waals surface area contributed by atoms with Crippen LogP contribution in [-0.4, -0.2) is 41.8 Å². The molecule has 19 heavy (non-hydrogen) atoms. The van der Waals surface area contributed by atoms with Crippen molar-refractivity contribution in [1.29, 1.82) is 0 Å². The first-order valence-corrected chi connectivity index (χ1v) is 6.57. The maximum atomic E-state index is 12.3.